The predicted molar refractivity (Wildman–Crippen MR) is 132 cm³/mol. The van der Waals surface area contributed by atoms with Crippen molar-refractivity contribution in [2.45, 2.75) is 61.7 Å². The van der Waals surface area contributed by atoms with Crippen LogP contribution >= 0.6 is 0 Å². The van der Waals surface area contributed by atoms with Crippen LogP contribution < -0.4 is 0 Å². The van der Waals surface area contributed by atoms with Crippen LogP contribution in [-0.4, -0.2) is 48.0 Å². The fourth-order valence-electron chi connectivity index (χ4n) is 4.67. The van der Waals surface area contributed by atoms with Crippen molar-refractivity contribution in [3.8, 4) is 0 Å². The number of hydrogen-bond donors (Lipinski definition) is 0. The molecular weight excluding hydrogens is 462 g/mol. The first-order valence-corrected chi connectivity index (χ1v) is 13.9. The van der Waals surface area contributed by atoms with E-state index in [0.29, 0.717) is 26.1 Å². The molecule has 1 saturated carbocycles. The summed E-state index contributed by atoms with van der Waals surface area (Å²) in [6, 6.07) is 19.0. The SMILES string of the molecule is O=C(Cc1ccccc1)N(Cc1cnc(S(=O)(=O)Cc2ccccc2)n1C1CC1)CC1CCCO1. The van der Waals surface area contributed by atoms with E-state index in [1.165, 1.54) is 0 Å². The molecule has 35 heavy (non-hydrogen) atoms. The van der Waals surface area contributed by atoms with Gasteiger partial charge in [-0.05, 0) is 36.8 Å². The Kier molecular flexibility index (Phi) is 7.02. The summed E-state index contributed by atoms with van der Waals surface area (Å²) in [5.41, 5.74) is 2.45. The van der Waals surface area contributed by atoms with Gasteiger partial charge in [0.05, 0.1) is 36.7 Å². The summed E-state index contributed by atoms with van der Waals surface area (Å²) >= 11 is 0. The molecule has 2 aromatic carbocycles. The smallest absolute Gasteiger partial charge is 0.228 e. The van der Waals surface area contributed by atoms with Crippen molar-refractivity contribution < 1.29 is 17.9 Å². The molecule has 8 heteroatoms. The highest BCUT2D eigenvalue weighted by Gasteiger charge is 2.34. The van der Waals surface area contributed by atoms with Gasteiger partial charge in [0.1, 0.15) is 0 Å². The van der Waals surface area contributed by atoms with Crippen molar-refractivity contribution in [2.24, 2.45) is 0 Å². The van der Waals surface area contributed by atoms with Gasteiger partial charge in [-0.25, -0.2) is 13.4 Å². The normalized spacial score (nSPS) is 18.0. The van der Waals surface area contributed by atoms with Crippen molar-refractivity contribution in [3.05, 3.63) is 83.7 Å². The maximum Gasteiger partial charge on any atom is 0.228 e. The van der Waals surface area contributed by atoms with E-state index in [4.69, 9.17) is 4.74 Å². The van der Waals surface area contributed by atoms with Gasteiger partial charge in [0.15, 0.2) is 0 Å². The number of ether oxygens (including phenoxy) is 1. The van der Waals surface area contributed by atoms with E-state index in [0.717, 1.165) is 42.5 Å². The molecule has 2 heterocycles. The molecular formula is C27H31N3O4S. The Labute approximate surface area is 206 Å². The summed E-state index contributed by atoms with van der Waals surface area (Å²) in [6.07, 6.45) is 5.69. The molecule has 1 amide bonds. The average molecular weight is 494 g/mol. The molecule has 2 fully saturated rings. The van der Waals surface area contributed by atoms with Gasteiger partial charge in [0.2, 0.25) is 20.9 Å². The minimum Gasteiger partial charge on any atom is -0.376 e. The van der Waals surface area contributed by atoms with Gasteiger partial charge >= 0.3 is 0 Å². The van der Waals surface area contributed by atoms with Crippen LogP contribution in [0.4, 0.5) is 0 Å². The van der Waals surface area contributed by atoms with Crippen LogP contribution in [0.25, 0.3) is 0 Å². The first-order valence-electron chi connectivity index (χ1n) is 12.3. The number of imidazole rings is 1. The van der Waals surface area contributed by atoms with Crippen LogP contribution in [0.5, 0.6) is 0 Å². The van der Waals surface area contributed by atoms with Gasteiger partial charge in [-0.3, -0.25) is 4.79 Å². The molecule has 5 rings (SSSR count). The highest BCUT2D eigenvalue weighted by Crippen LogP contribution is 2.39. The number of sulfone groups is 1. The van der Waals surface area contributed by atoms with Gasteiger partial charge in [0, 0.05) is 19.2 Å². The van der Waals surface area contributed by atoms with Crippen LogP contribution in [-0.2, 0) is 38.1 Å². The lowest BCUT2D eigenvalue weighted by molar-refractivity contribution is -0.132. The maximum absolute atomic E-state index is 13.4. The van der Waals surface area contributed by atoms with E-state index in [1.54, 1.807) is 6.20 Å². The third kappa shape index (κ3) is 5.82. The van der Waals surface area contributed by atoms with Gasteiger partial charge in [-0.1, -0.05) is 60.7 Å². The second kappa shape index (κ2) is 10.3. The molecule has 1 aliphatic carbocycles. The lowest BCUT2D eigenvalue weighted by Crippen LogP contribution is -2.38. The molecule has 1 aromatic heterocycles. The fraction of sp³-hybridized carbons (Fsp3) is 0.407. The second-order valence-corrected chi connectivity index (χ2v) is 11.3. The molecule has 0 bridgehead atoms. The molecule has 3 aromatic rings. The Hall–Kier alpha value is -2.97. The average Bonchev–Trinajstić information content (AvgIpc) is 3.38. The highest BCUT2D eigenvalue weighted by molar-refractivity contribution is 7.90. The molecule has 1 atom stereocenters. The molecule has 7 nitrogen and oxygen atoms in total. The summed E-state index contributed by atoms with van der Waals surface area (Å²) in [5.74, 6) is -0.0900. The highest BCUT2D eigenvalue weighted by atomic mass is 32.2. The van der Waals surface area contributed by atoms with E-state index < -0.39 is 9.84 Å². The van der Waals surface area contributed by atoms with Gasteiger partial charge in [-0.2, -0.15) is 0 Å². The van der Waals surface area contributed by atoms with Crippen molar-refractivity contribution in [3.63, 3.8) is 0 Å². The number of amides is 1. The molecule has 1 saturated heterocycles. The van der Waals surface area contributed by atoms with Crippen molar-refractivity contribution in [1.82, 2.24) is 14.5 Å². The molecule has 1 unspecified atom stereocenters. The van der Waals surface area contributed by atoms with Gasteiger partial charge < -0.3 is 14.2 Å². The Morgan fingerprint density at radius 1 is 1.00 bits per heavy atom. The van der Waals surface area contributed by atoms with Crippen molar-refractivity contribution in [1.29, 1.82) is 0 Å². The summed E-state index contributed by atoms with van der Waals surface area (Å²) < 4.78 is 34.3. The number of hydrogen-bond acceptors (Lipinski definition) is 5. The van der Waals surface area contributed by atoms with Crippen LogP contribution in [0.3, 0.4) is 0 Å². The van der Waals surface area contributed by atoms with Gasteiger partial charge in [0.25, 0.3) is 0 Å². The summed E-state index contributed by atoms with van der Waals surface area (Å²) in [5, 5.41) is 0.103. The van der Waals surface area contributed by atoms with Crippen LogP contribution in [0, 0.1) is 0 Å². The number of nitrogens with zero attached hydrogens (tertiary/aromatic N) is 3. The molecule has 1 aliphatic heterocycles. The monoisotopic (exact) mass is 493 g/mol. The molecule has 0 spiro atoms. The number of carbonyl (C=O) groups excluding carboxylic acids is 1. The predicted octanol–water partition coefficient (Wildman–Crippen LogP) is 3.94. The molecule has 0 N–H and O–H groups in total. The zero-order chi connectivity index (χ0) is 24.3. The number of rotatable bonds is 10. The van der Waals surface area contributed by atoms with E-state index in [2.05, 4.69) is 4.98 Å². The maximum atomic E-state index is 13.4. The Morgan fingerprint density at radius 3 is 2.31 bits per heavy atom. The minimum absolute atomic E-state index is 0.00365. The summed E-state index contributed by atoms with van der Waals surface area (Å²) in [7, 11) is -3.63. The number of carbonyl (C=O) groups is 1. The molecule has 2 aliphatic rings. The van der Waals surface area contributed by atoms with Gasteiger partial charge in [-0.15, -0.1) is 0 Å². The second-order valence-electron chi connectivity index (χ2n) is 9.45. The summed E-state index contributed by atoms with van der Waals surface area (Å²) in [6.45, 7) is 1.52. The van der Waals surface area contributed by atoms with Crippen molar-refractivity contribution >= 4 is 15.7 Å². The lowest BCUT2D eigenvalue weighted by Gasteiger charge is -2.26. The first kappa shape index (κ1) is 23.8. The zero-order valence-corrected chi connectivity index (χ0v) is 20.6. The Bertz CT molecular complexity index is 1250. The zero-order valence-electron chi connectivity index (χ0n) is 19.8. The molecule has 0 radical (unpaired) electrons. The third-order valence-electron chi connectivity index (χ3n) is 6.58. The minimum atomic E-state index is -3.63. The Morgan fingerprint density at radius 2 is 1.69 bits per heavy atom. The van der Waals surface area contributed by atoms with E-state index >= 15 is 0 Å². The first-order chi connectivity index (χ1) is 17.0. The topological polar surface area (TPSA) is 81.5 Å². The number of aromatic nitrogens is 2. The van der Waals surface area contributed by atoms with E-state index in [9.17, 15) is 13.2 Å². The lowest BCUT2D eigenvalue weighted by atomic mass is 10.1. The molecule has 184 valence electrons. The Balaban J connectivity index is 1.40. The van der Waals surface area contributed by atoms with Crippen LogP contribution in [0.15, 0.2) is 72.0 Å². The third-order valence-corrected chi connectivity index (χ3v) is 8.15. The number of benzene rings is 2. The van der Waals surface area contributed by atoms with Crippen LogP contribution in [0.2, 0.25) is 0 Å². The van der Waals surface area contributed by atoms with E-state index in [1.807, 2.05) is 70.1 Å². The quantitative estimate of drug-likeness (QED) is 0.427. The van der Waals surface area contributed by atoms with E-state index in [-0.39, 0.29) is 29.0 Å². The largest absolute Gasteiger partial charge is 0.376 e. The van der Waals surface area contributed by atoms with Crippen molar-refractivity contribution in [2.75, 3.05) is 13.2 Å². The fourth-order valence-corrected chi connectivity index (χ4v) is 6.21. The van der Waals surface area contributed by atoms with Crippen LogP contribution in [0.1, 0.15) is 48.5 Å². The summed E-state index contributed by atoms with van der Waals surface area (Å²) in [4.78, 5) is 19.6. The standard InChI is InChI=1S/C27H31N3O4S/c31-26(16-21-8-3-1-4-9-21)29(19-25-12-7-15-34-25)18-24-17-28-27(30(24)23-13-14-23)35(32,33)20-22-10-5-2-6-11-22/h1-6,8-11,17,23,25H,7,12-16,18-20H2.